The SMILES string of the molecule is COCC1(C(=O)N2CCOC(c3ccccc3)C2)CCNC1. The summed E-state index contributed by atoms with van der Waals surface area (Å²) in [5.74, 6) is 0.198. The van der Waals surface area contributed by atoms with E-state index in [4.69, 9.17) is 9.47 Å². The molecule has 2 heterocycles. The quantitative estimate of drug-likeness (QED) is 0.908. The van der Waals surface area contributed by atoms with Gasteiger partial charge in [0, 0.05) is 20.2 Å². The van der Waals surface area contributed by atoms with Crippen LogP contribution < -0.4 is 5.32 Å². The summed E-state index contributed by atoms with van der Waals surface area (Å²) in [6.07, 6.45) is 0.806. The number of nitrogens with zero attached hydrogens (tertiary/aromatic N) is 1. The third kappa shape index (κ3) is 3.02. The molecule has 0 aliphatic carbocycles. The zero-order valence-corrected chi connectivity index (χ0v) is 13.1. The number of morpholine rings is 1. The molecule has 0 saturated carbocycles. The third-order valence-corrected chi connectivity index (χ3v) is 4.64. The summed E-state index contributed by atoms with van der Waals surface area (Å²) in [5, 5.41) is 3.30. The van der Waals surface area contributed by atoms with Gasteiger partial charge in [-0.05, 0) is 18.5 Å². The van der Waals surface area contributed by atoms with Crippen molar-refractivity contribution in [3.63, 3.8) is 0 Å². The van der Waals surface area contributed by atoms with Gasteiger partial charge in [-0.2, -0.15) is 0 Å². The van der Waals surface area contributed by atoms with Gasteiger partial charge in [0.25, 0.3) is 0 Å². The molecule has 0 spiro atoms. The number of methoxy groups -OCH3 is 1. The average molecular weight is 304 g/mol. The second kappa shape index (κ2) is 6.77. The van der Waals surface area contributed by atoms with Crippen molar-refractivity contribution < 1.29 is 14.3 Å². The van der Waals surface area contributed by atoms with Crippen LogP contribution in [0.2, 0.25) is 0 Å². The van der Waals surface area contributed by atoms with Gasteiger partial charge in [0.2, 0.25) is 5.91 Å². The maximum absolute atomic E-state index is 13.0. The lowest BCUT2D eigenvalue weighted by atomic mass is 9.86. The first-order chi connectivity index (χ1) is 10.7. The predicted octanol–water partition coefficient (Wildman–Crippen LogP) is 1.21. The van der Waals surface area contributed by atoms with E-state index in [0.29, 0.717) is 32.8 Å². The highest BCUT2D eigenvalue weighted by Gasteiger charge is 2.44. The van der Waals surface area contributed by atoms with Crippen molar-refractivity contribution in [2.24, 2.45) is 5.41 Å². The van der Waals surface area contributed by atoms with Gasteiger partial charge < -0.3 is 19.7 Å². The van der Waals surface area contributed by atoms with Gasteiger partial charge in [0.1, 0.15) is 6.10 Å². The fraction of sp³-hybridized carbons (Fsp3) is 0.588. The normalized spacial score (nSPS) is 28.8. The highest BCUT2D eigenvalue weighted by molar-refractivity contribution is 5.83. The molecule has 1 aromatic carbocycles. The van der Waals surface area contributed by atoms with E-state index in [1.807, 2.05) is 23.1 Å². The van der Waals surface area contributed by atoms with Crippen molar-refractivity contribution in [1.82, 2.24) is 10.2 Å². The van der Waals surface area contributed by atoms with Gasteiger partial charge in [-0.15, -0.1) is 0 Å². The summed E-state index contributed by atoms with van der Waals surface area (Å²) in [5.41, 5.74) is 0.721. The highest BCUT2D eigenvalue weighted by Crippen LogP contribution is 2.31. The van der Waals surface area contributed by atoms with Crippen LogP contribution in [0.4, 0.5) is 0 Å². The first kappa shape index (κ1) is 15.5. The second-order valence-corrected chi connectivity index (χ2v) is 6.16. The molecule has 0 radical (unpaired) electrons. The fourth-order valence-electron chi connectivity index (χ4n) is 3.43. The van der Waals surface area contributed by atoms with Crippen molar-refractivity contribution in [3.8, 4) is 0 Å². The van der Waals surface area contributed by atoms with Gasteiger partial charge in [0.05, 0.1) is 25.2 Å². The Morgan fingerprint density at radius 2 is 2.27 bits per heavy atom. The molecule has 120 valence electrons. The summed E-state index contributed by atoms with van der Waals surface area (Å²) in [6.45, 7) is 3.92. The summed E-state index contributed by atoms with van der Waals surface area (Å²) in [4.78, 5) is 15.0. The Morgan fingerprint density at radius 3 is 2.95 bits per heavy atom. The van der Waals surface area contributed by atoms with E-state index < -0.39 is 5.41 Å². The average Bonchev–Trinajstić information content (AvgIpc) is 3.05. The van der Waals surface area contributed by atoms with Crippen LogP contribution in [-0.2, 0) is 14.3 Å². The number of benzene rings is 1. The third-order valence-electron chi connectivity index (χ3n) is 4.64. The molecule has 2 aliphatic rings. The Morgan fingerprint density at radius 1 is 1.45 bits per heavy atom. The molecule has 3 rings (SSSR count). The van der Waals surface area contributed by atoms with Crippen molar-refractivity contribution in [2.45, 2.75) is 12.5 Å². The monoisotopic (exact) mass is 304 g/mol. The lowest BCUT2D eigenvalue weighted by molar-refractivity contribution is -0.151. The van der Waals surface area contributed by atoms with E-state index in [0.717, 1.165) is 18.5 Å². The van der Waals surface area contributed by atoms with E-state index in [1.165, 1.54) is 0 Å². The zero-order valence-electron chi connectivity index (χ0n) is 13.1. The molecule has 1 aromatic rings. The second-order valence-electron chi connectivity index (χ2n) is 6.16. The van der Waals surface area contributed by atoms with Gasteiger partial charge in [0.15, 0.2) is 0 Å². The predicted molar refractivity (Wildman–Crippen MR) is 83.5 cm³/mol. The first-order valence-electron chi connectivity index (χ1n) is 7.91. The summed E-state index contributed by atoms with van der Waals surface area (Å²) >= 11 is 0. The number of ether oxygens (including phenoxy) is 2. The van der Waals surface area contributed by atoms with Gasteiger partial charge in [-0.25, -0.2) is 0 Å². The highest BCUT2D eigenvalue weighted by atomic mass is 16.5. The van der Waals surface area contributed by atoms with Crippen LogP contribution in [0.1, 0.15) is 18.1 Å². The Hall–Kier alpha value is -1.43. The van der Waals surface area contributed by atoms with Crippen LogP contribution in [-0.4, -0.2) is 57.3 Å². The Bertz CT molecular complexity index is 500. The standard InChI is InChI=1S/C17H24N2O3/c1-21-13-17(7-8-18-12-17)16(20)19-9-10-22-15(11-19)14-5-3-2-4-6-14/h2-6,15,18H,7-13H2,1H3. The number of rotatable bonds is 4. The summed E-state index contributed by atoms with van der Waals surface area (Å²) in [6, 6.07) is 10.1. The van der Waals surface area contributed by atoms with E-state index in [9.17, 15) is 4.79 Å². The first-order valence-corrected chi connectivity index (χ1v) is 7.91. The molecule has 1 N–H and O–H groups in total. The smallest absolute Gasteiger partial charge is 0.232 e. The van der Waals surface area contributed by atoms with Gasteiger partial charge in [-0.1, -0.05) is 30.3 Å². The molecule has 0 aromatic heterocycles. The lowest BCUT2D eigenvalue weighted by Gasteiger charge is -2.38. The minimum atomic E-state index is -0.409. The van der Waals surface area contributed by atoms with Gasteiger partial charge in [-0.3, -0.25) is 4.79 Å². The topological polar surface area (TPSA) is 50.8 Å². The van der Waals surface area contributed by atoms with Gasteiger partial charge >= 0.3 is 0 Å². The number of hydrogen-bond donors (Lipinski definition) is 1. The molecular weight excluding hydrogens is 280 g/mol. The van der Waals surface area contributed by atoms with Crippen LogP contribution in [0.5, 0.6) is 0 Å². The van der Waals surface area contributed by atoms with Crippen LogP contribution in [0.3, 0.4) is 0 Å². The van der Waals surface area contributed by atoms with Crippen molar-refractivity contribution in [3.05, 3.63) is 35.9 Å². The fourth-order valence-corrected chi connectivity index (χ4v) is 3.43. The largest absolute Gasteiger partial charge is 0.384 e. The Kier molecular flexibility index (Phi) is 4.76. The number of hydrogen-bond acceptors (Lipinski definition) is 4. The van der Waals surface area contributed by atoms with Crippen LogP contribution in [0, 0.1) is 5.41 Å². The maximum Gasteiger partial charge on any atom is 0.232 e. The number of nitrogens with one attached hydrogen (secondary N) is 1. The van der Waals surface area contributed by atoms with E-state index in [-0.39, 0.29) is 12.0 Å². The van der Waals surface area contributed by atoms with E-state index >= 15 is 0 Å². The van der Waals surface area contributed by atoms with E-state index in [2.05, 4.69) is 17.4 Å². The molecule has 1 amide bonds. The number of amides is 1. The molecule has 2 fully saturated rings. The molecule has 2 unspecified atom stereocenters. The number of carbonyl (C=O) groups is 1. The maximum atomic E-state index is 13.0. The summed E-state index contributed by atoms with van der Waals surface area (Å²) in [7, 11) is 1.67. The van der Waals surface area contributed by atoms with Crippen LogP contribution >= 0.6 is 0 Å². The molecule has 22 heavy (non-hydrogen) atoms. The molecule has 2 atom stereocenters. The minimum absolute atomic E-state index is 0.0344. The summed E-state index contributed by atoms with van der Waals surface area (Å²) < 4.78 is 11.2. The molecule has 0 bridgehead atoms. The number of carbonyl (C=O) groups excluding carboxylic acids is 1. The Labute approximate surface area is 131 Å². The molecule has 2 saturated heterocycles. The molecular formula is C17H24N2O3. The minimum Gasteiger partial charge on any atom is -0.384 e. The molecule has 5 heteroatoms. The van der Waals surface area contributed by atoms with Crippen molar-refractivity contribution >= 4 is 5.91 Å². The molecule has 5 nitrogen and oxygen atoms in total. The van der Waals surface area contributed by atoms with Crippen LogP contribution in [0.15, 0.2) is 30.3 Å². The van der Waals surface area contributed by atoms with Crippen LogP contribution in [0.25, 0.3) is 0 Å². The Balaban J connectivity index is 1.72. The molecule has 2 aliphatic heterocycles. The van der Waals surface area contributed by atoms with E-state index in [1.54, 1.807) is 7.11 Å². The zero-order chi connectivity index (χ0) is 15.4. The van der Waals surface area contributed by atoms with Crippen molar-refractivity contribution in [2.75, 3.05) is 46.5 Å². The van der Waals surface area contributed by atoms with Crippen molar-refractivity contribution in [1.29, 1.82) is 0 Å². The lowest BCUT2D eigenvalue weighted by Crippen LogP contribution is -2.52.